The van der Waals surface area contributed by atoms with Crippen LogP contribution < -0.4 is 0 Å². The SMILES string of the molecule is CCC1C(C)C(C)C1CCC(C)C. The van der Waals surface area contributed by atoms with Gasteiger partial charge in [-0.3, -0.25) is 0 Å². The van der Waals surface area contributed by atoms with E-state index in [1.165, 1.54) is 19.3 Å². The highest BCUT2D eigenvalue weighted by molar-refractivity contribution is 4.91. The summed E-state index contributed by atoms with van der Waals surface area (Å²) in [5.41, 5.74) is 0. The fraction of sp³-hybridized carbons (Fsp3) is 1.00. The molecule has 0 heteroatoms. The van der Waals surface area contributed by atoms with Gasteiger partial charge in [0.05, 0.1) is 0 Å². The molecule has 0 bridgehead atoms. The Balaban J connectivity index is 2.32. The van der Waals surface area contributed by atoms with Crippen LogP contribution in [-0.4, -0.2) is 0 Å². The van der Waals surface area contributed by atoms with Crippen molar-refractivity contribution in [2.45, 2.75) is 53.9 Å². The Morgan fingerprint density at radius 2 is 1.54 bits per heavy atom. The molecule has 0 aliphatic heterocycles. The Kier molecular flexibility index (Phi) is 3.82. The van der Waals surface area contributed by atoms with Gasteiger partial charge in [-0.2, -0.15) is 0 Å². The Bertz CT molecular complexity index is 148. The highest BCUT2D eigenvalue weighted by Gasteiger charge is 2.42. The third-order valence-corrected chi connectivity index (χ3v) is 4.28. The molecule has 0 radical (unpaired) electrons. The first kappa shape index (κ1) is 11.1. The van der Waals surface area contributed by atoms with E-state index < -0.39 is 0 Å². The van der Waals surface area contributed by atoms with Gasteiger partial charge in [0.15, 0.2) is 0 Å². The van der Waals surface area contributed by atoms with E-state index in [0.29, 0.717) is 0 Å². The highest BCUT2D eigenvalue weighted by atomic mass is 14.5. The molecular formula is C13H26. The fourth-order valence-corrected chi connectivity index (χ4v) is 3.09. The van der Waals surface area contributed by atoms with Crippen LogP contribution in [0.3, 0.4) is 0 Å². The van der Waals surface area contributed by atoms with Crippen molar-refractivity contribution in [3.63, 3.8) is 0 Å². The van der Waals surface area contributed by atoms with Crippen molar-refractivity contribution in [2.75, 3.05) is 0 Å². The first-order valence-corrected chi connectivity index (χ1v) is 6.07. The van der Waals surface area contributed by atoms with Gasteiger partial charge in [0, 0.05) is 0 Å². The van der Waals surface area contributed by atoms with E-state index >= 15 is 0 Å². The molecule has 78 valence electrons. The molecule has 0 saturated heterocycles. The summed E-state index contributed by atoms with van der Waals surface area (Å²) in [6, 6.07) is 0. The van der Waals surface area contributed by atoms with Gasteiger partial charge >= 0.3 is 0 Å². The van der Waals surface area contributed by atoms with Gasteiger partial charge in [-0.25, -0.2) is 0 Å². The highest BCUT2D eigenvalue weighted by Crippen LogP contribution is 2.49. The normalized spacial score (nSPS) is 39.2. The quantitative estimate of drug-likeness (QED) is 0.606. The van der Waals surface area contributed by atoms with Gasteiger partial charge in [0.1, 0.15) is 0 Å². The lowest BCUT2D eigenvalue weighted by molar-refractivity contribution is -0.00932. The molecule has 0 aromatic rings. The molecule has 0 N–H and O–H groups in total. The molecule has 0 aromatic heterocycles. The van der Waals surface area contributed by atoms with E-state index in [1.807, 2.05) is 0 Å². The average Bonchev–Trinajstić information content (AvgIpc) is 2.10. The fourth-order valence-electron chi connectivity index (χ4n) is 3.09. The second kappa shape index (κ2) is 4.48. The van der Waals surface area contributed by atoms with E-state index in [2.05, 4.69) is 34.6 Å². The average molecular weight is 182 g/mol. The van der Waals surface area contributed by atoms with Crippen molar-refractivity contribution in [1.29, 1.82) is 0 Å². The third kappa shape index (κ3) is 2.27. The van der Waals surface area contributed by atoms with Crippen LogP contribution in [-0.2, 0) is 0 Å². The summed E-state index contributed by atoms with van der Waals surface area (Å²) in [5.74, 6) is 4.95. The molecule has 1 rings (SSSR count). The standard InChI is InChI=1S/C13H26/c1-6-12-10(4)11(5)13(12)8-7-9(2)3/h9-13H,6-8H2,1-5H3. The summed E-state index contributed by atoms with van der Waals surface area (Å²) in [6.45, 7) is 11.9. The van der Waals surface area contributed by atoms with Crippen LogP contribution in [0.2, 0.25) is 0 Å². The smallest absolute Gasteiger partial charge is 0.0355 e. The molecule has 1 saturated carbocycles. The summed E-state index contributed by atoms with van der Waals surface area (Å²) in [5, 5.41) is 0. The van der Waals surface area contributed by atoms with Gasteiger partial charge < -0.3 is 0 Å². The maximum Gasteiger partial charge on any atom is -0.0355 e. The van der Waals surface area contributed by atoms with Crippen molar-refractivity contribution < 1.29 is 0 Å². The molecule has 1 fully saturated rings. The van der Waals surface area contributed by atoms with Gasteiger partial charge in [-0.15, -0.1) is 0 Å². The minimum atomic E-state index is 0.889. The van der Waals surface area contributed by atoms with E-state index in [1.54, 1.807) is 0 Å². The minimum Gasteiger partial charge on any atom is -0.0651 e. The summed E-state index contributed by atoms with van der Waals surface area (Å²) in [6.07, 6.45) is 4.30. The molecular weight excluding hydrogens is 156 g/mol. The number of hydrogen-bond donors (Lipinski definition) is 0. The summed E-state index contributed by atoms with van der Waals surface area (Å²) >= 11 is 0. The monoisotopic (exact) mass is 182 g/mol. The largest absolute Gasteiger partial charge is 0.0651 e. The molecule has 4 unspecified atom stereocenters. The molecule has 13 heavy (non-hydrogen) atoms. The molecule has 0 amide bonds. The van der Waals surface area contributed by atoms with Crippen LogP contribution >= 0.6 is 0 Å². The maximum atomic E-state index is 2.45. The van der Waals surface area contributed by atoms with Gasteiger partial charge in [-0.05, 0) is 36.0 Å². The predicted molar refractivity (Wildman–Crippen MR) is 59.7 cm³/mol. The van der Waals surface area contributed by atoms with Crippen LogP contribution in [0.15, 0.2) is 0 Å². The molecule has 4 atom stereocenters. The Morgan fingerprint density at radius 3 is 2.00 bits per heavy atom. The van der Waals surface area contributed by atoms with Crippen LogP contribution in [0, 0.1) is 29.6 Å². The zero-order chi connectivity index (χ0) is 10.0. The summed E-state index contributed by atoms with van der Waals surface area (Å²) < 4.78 is 0. The van der Waals surface area contributed by atoms with Crippen LogP contribution in [0.4, 0.5) is 0 Å². The second-order valence-electron chi connectivity index (χ2n) is 5.43. The molecule has 1 aliphatic rings. The van der Waals surface area contributed by atoms with Crippen LogP contribution in [0.25, 0.3) is 0 Å². The van der Waals surface area contributed by atoms with E-state index in [9.17, 15) is 0 Å². The van der Waals surface area contributed by atoms with Crippen LogP contribution in [0.5, 0.6) is 0 Å². The second-order valence-corrected chi connectivity index (χ2v) is 5.43. The lowest BCUT2D eigenvalue weighted by Crippen LogP contribution is -2.43. The molecule has 0 heterocycles. The first-order valence-electron chi connectivity index (χ1n) is 6.07. The van der Waals surface area contributed by atoms with E-state index in [0.717, 1.165) is 29.6 Å². The Labute approximate surface area is 84.1 Å². The third-order valence-electron chi connectivity index (χ3n) is 4.28. The predicted octanol–water partition coefficient (Wildman–Crippen LogP) is 4.35. The Hall–Kier alpha value is 0. The number of rotatable bonds is 4. The van der Waals surface area contributed by atoms with Crippen molar-refractivity contribution in [2.24, 2.45) is 29.6 Å². The zero-order valence-corrected chi connectivity index (χ0v) is 10.0. The maximum absolute atomic E-state index is 2.45. The van der Waals surface area contributed by atoms with Gasteiger partial charge in [0.2, 0.25) is 0 Å². The molecule has 0 spiro atoms. The van der Waals surface area contributed by atoms with E-state index in [4.69, 9.17) is 0 Å². The van der Waals surface area contributed by atoms with Crippen molar-refractivity contribution in [3.8, 4) is 0 Å². The van der Waals surface area contributed by atoms with Crippen molar-refractivity contribution in [1.82, 2.24) is 0 Å². The topological polar surface area (TPSA) is 0 Å². The molecule has 0 nitrogen and oxygen atoms in total. The lowest BCUT2D eigenvalue weighted by Gasteiger charge is -2.50. The minimum absolute atomic E-state index is 0.889. The number of hydrogen-bond acceptors (Lipinski definition) is 0. The summed E-state index contributed by atoms with van der Waals surface area (Å²) in [4.78, 5) is 0. The van der Waals surface area contributed by atoms with Gasteiger partial charge in [0.25, 0.3) is 0 Å². The van der Waals surface area contributed by atoms with Crippen molar-refractivity contribution in [3.05, 3.63) is 0 Å². The Morgan fingerprint density at radius 1 is 1.00 bits per heavy atom. The molecule has 1 aliphatic carbocycles. The van der Waals surface area contributed by atoms with E-state index in [-0.39, 0.29) is 0 Å². The van der Waals surface area contributed by atoms with Gasteiger partial charge in [-0.1, -0.05) is 47.5 Å². The summed E-state index contributed by atoms with van der Waals surface area (Å²) in [7, 11) is 0. The zero-order valence-electron chi connectivity index (χ0n) is 10.0. The lowest BCUT2D eigenvalue weighted by atomic mass is 9.56. The first-order chi connectivity index (χ1) is 6.07. The van der Waals surface area contributed by atoms with Crippen LogP contribution in [0.1, 0.15) is 53.9 Å². The molecule has 0 aromatic carbocycles. The van der Waals surface area contributed by atoms with Crippen molar-refractivity contribution >= 4 is 0 Å².